The van der Waals surface area contributed by atoms with E-state index in [0.717, 1.165) is 0 Å². The molecular formula is C23H26N4O5S. The Balaban J connectivity index is 1.72. The van der Waals surface area contributed by atoms with E-state index >= 15 is 0 Å². The molecule has 0 bridgehead atoms. The van der Waals surface area contributed by atoms with E-state index in [9.17, 15) is 18.0 Å². The Morgan fingerprint density at radius 2 is 1.76 bits per heavy atom. The van der Waals surface area contributed by atoms with Crippen LogP contribution in [0.4, 0.5) is 5.69 Å². The monoisotopic (exact) mass is 470 g/mol. The number of anilines is 1. The van der Waals surface area contributed by atoms with Crippen molar-refractivity contribution in [2.75, 3.05) is 31.6 Å². The number of fused-ring (bicyclic) bond motifs is 1. The topological polar surface area (TPSA) is 111 Å². The number of carbonyl (C=O) groups excluding carboxylic acids is 1. The molecule has 1 aliphatic heterocycles. The maximum atomic E-state index is 13.2. The van der Waals surface area contributed by atoms with Crippen molar-refractivity contribution >= 4 is 32.4 Å². The summed E-state index contributed by atoms with van der Waals surface area (Å²) in [4.78, 5) is 26.1. The first-order valence-corrected chi connectivity index (χ1v) is 12.2. The maximum absolute atomic E-state index is 13.2. The van der Waals surface area contributed by atoms with E-state index in [4.69, 9.17) is 4.74 Å². The summed E-state index contributed by atoms with van der Waals surface area (Å²) < 4.78 is 34.2. The Hall–Kier alpha value is -3.08. The molecule has 0 spiro atoms. The van der Waals surface area contributed by atoms with Crippen molar-refractivity contribution < 1.29 is 17.9 Å². The molecule has 0 atom stereocenters. The van der Waals surface area contributed by atoms with Crippen molar-refractivity contribution in [2.24, 2.45) is 0 Å². The van der Waals surface area contributed by atoms with Gasteiger partial charge in [0, 0.05) is 24.2 Å². The minimum Gasteiger partial charge on any atom is -0.379 e. The number of aromatic nitrogens is 2. The van der Waals surface area contributed by atoms with E-state index in [2.05, 4.69) is 10.4 Å². The summed E-state index contributed by atoms with van der Waals surface area (Å²) in [7, 11) is -3.73. The lowest BCUT2D eigenvalue weighted by Crippen LogP contribution is -2.40. The number of nitrogens with zero attached hydrogens (tertiary/aromatic N) is 3. The Kier molecular flexibility index (Phi) is 6.33. The molecule has 1 N–H and O–H groups in total. The number of morpholine rings is 1. The number of benzene rings is 2. The number of rotatable bonds is 5. The van der Waals surface area contributed by atoms with E-state index in [1.165, 1.54) is 15.1 Å². The summed E-state index contributed by atoms with van der Waals surface area (Å²) in [5.74, 6) is -0.529. The van der Waals surface area contributed by atoms with Crippen LogP contribution in [-0.4, -0.2) is 54.7 Å². The Labute approximate surface area is 192 Å². The molecule has 174 valence electrons. The van der Waals surface area contributed by atoms with Gasteiger partial charge in [-0.15, -0.1) is 0 Å². The molecule has 2 heterocycles. The maximum Gasteiger partial charge on any atom is 0.276 e. The van der Waals surface area contributed by atoms with E-state index < -0.39 is 15.9 Å². The highest BCUT2D eigenvalue weighted by molar-refractivity contribution is 7.89. The Morgan fingerprint density at radius 3 is 2.42 bits per heavy atom. The van der Waals surface area contributed by atoms with Crippen LogP contribution in [-0.2, 0) is 14.8 Å². The average molecular weight is 471 g/mol. The molecule has 1 fully saturated rings. The second-order valence-electron chi connectivity index (χ2n) is 8.19. The number of carbonyl (C=O) groups is 1. The van der Waals surface area contributed by atoms with Crippen LogP contribution in [0.1, 0.15) is 35.9 Å². The number of hydrogen-bond donors (Lipinski definition) is 1. The quantitative estimate of drug-likeness (QED) is 0.614. The van der Waals surface area contributed by atoms with Crippen LogP contribution in [0.15, 0.2) is 52.2 Å². The van der Waals surface area contributed by atoms with Crippen molar-refractivity contribution in [3.8, 4) is 0 Å². The fourth-order valence-corrected chi connectivity index (χ4v) is 5.46. The smallest absolute Gasteiger partial charge is 0.276 e. The second-order valence-corrected chi connectivity index (χ2v) is 10.1. The largest absolute Gasteiger partial charge is 0.379 e. The molecule has 33 heavy (non-hydrogen) atoms. The summed E-state index contributed by atoms with van der Waals surface area (Å²) in [6.45, 7) is 6.60. The fourth-order valence-electron chi connectivity index (χ4n) is 3.80. The number of sulfonamides is 1. The van der Waals surface area contributed by atoms with Gasteiger partial charge in [0.25, 0.3) is 11.5 Å². The number of aryl methyl sites for hydroxylation is 1. The van der Waals surface area contributed by atoms with Gasteiger partial charge < -0.3 is 10.1 Å². The molecule has 3 aromatic rings. The molecule has 1 aromatic heterocycles. The van der Waals surface area contributed by atoms with Crippen LogP contribution in [0.5, 0.6) is 0 Å². The van der Waals surface area contributed by atoms with Crippen molar-refractivity contribution in [3.05, 3.63) is 64.1 Å². The number of hydrogen-bond acceptors (Lipinski definition) is 6. The van der Waals surface area contributed by atoms with Gasteiger partial charge in [-0.25, -0.2) is 13.1 Å². The van der Waals surface area contributed by atoms with Gasteiger partial charge in [0.05, 0.1) is 29.5 Å². The molecule has 1 aliphatic rings. The lowest BCUT2D eigenvalue weighted by atomic mass is 10.1. The van der Waals surface area contributed by atoms with Crippen LogP contribution in [0.25, 0.3) is 10.8 Å². The second kappa shape index (κ2) is 9.05. The molecule has 9 nitrogen and oxygen atoms in total. The van der Waals surface area contributed by atoms with Crippen LogP contribution in [0, 0.1) is 6.92 Å². The lowest BCUT2D eigenvalue weighted by Gasteiger charge is -2.26. The molecule has 4 rings (SSSR count). The van der Waals surface area contributed by atoms with Gasteiger partial charge in [-0.2, -0.15) is 9.40 Å². The zero-order valence-corrected chi connectivity index (χ0v) is 19.6. The van der Waals surface area contributed by atoms with E-state index in [0.29, 0.717) is 35.2 Å². The van der Waals surface area contributed by atoms with Gasteiger partial charge >= 0.3 is 0 Å². The van der Waals surface area contributed by atoms with Crippen molar-refractivity contribution in [1.82, 2.24) is 14.1 Å². The van der Waals surface area contributed by atoms with Gasteiger partial charge in [-0.3, -0.25) is 9.59 Å². The molecule has 1 saturated heterocycles. The third kappa shape index (κ3) is 4.41. The normalized spacial score (nSPS) is 15.2. The Bertz CT molecular complexity index is 1380. The first-order chi connectivity index (χ1) is 15.7. The fraction of sp³-hybridized carbons (Fsp3) is 0.348. The molecule has 2 aromatic carbocycles. The number of ether oxygens (including phenoxy) is 1. The van der Waals surface area contributed by atoms with Gasteiger partial charge in [-0.05, 0) is 44.5 Å². The van der Waals surface area contributed by atoms with E-state index in [-0.39, 0.29) is 35.3 Å². The first kappa shape index (κ1) is 23.1. The van der Waals surface area contributed by atoms with Crippen LogP contribution >= 0.6 is 0 Å². The van der Waals surface area contributed by atoms with Crippen molar-refractivity contribution in [3.63, 3.8) is 0 Å². The van der Waals surface area contributed by atoms with Gasteiger partial charge in [-0.1, -0.05) is 24.3 Å². The lowest BCUT2D eigenvalue weighted by molar-refractivity contribution is 0.0730. The van der Waals surface area contributed by atoms with Crippen LogP contribution < -0.4 is 10.9 Å². The number of nitrogens with one attached hydrogen (secondary N) is 1. The summed E-state index contributed by atoms with van der Waals surface area (Å²) in [6.07, 6.45) is 0. The molecule has 0 unspecified atom stereocenters. The van der Waals surface area contributed by atoms with Crippen LogP contribution in [0.2, 0.25) is 0 Å². The minimum absolute atomic E-state index is 0.0945. The zero-order valence-electron chi connectivity index (χ0n) is 18.7. The number of amides is 1. The zero-order chi connectivity index (χ0) is 23.8. The molecule has 0 radical (unpaired) electrons. The molecule has 0 saturated carbocycles. The summed E-state index contributed by atoms with van der Waals surface area (Å²) in [5.41, 5.74) is 0.727. The standard InChI is InChI=1S/C23H26N4O5S/c1-15(2)27-23(29)19-7-5-4-6-18(19)21(25-27)22(28)24-17-9-8-16(3)20(14-17)33(30,31)26-10-12-32-13-11-26/h4-9,14-15H,10-13H2,1-3H3,(H,24,28). The minimum atomic E-state index is -3.73. The molecule has 10 heteroatoms. The highest BCUT2D eigenvalue weighted by atomic mass is 32.2. The first-order valence-electron chi connectivity index (χ1n) is 10.7. The van der Waals surface area contributed by atoms with Crippen LogP contribution in [0.3, 0.4) is 0 Å². The summed E-state index contributed by atoms with van der Waals surface area (Å²) in [6, 6.07) is 11.3. The van der Waals surface area contributed by atoms with E-state index in [1.807, 2.05) is 13.8 Å². The highest BCUT2D eigenvalue weighted by Gasteiger charge is 2.28. The van der Waals surface area contributed by atoms with Gasteiger partial charge in [0.2, 0.25) is 10.0 Å². The van der Waals surface area contributed by atoms with Crippen molar-refractivity contribution in [1.29, 1.82) is 0 Å². The predicted molar refractivity (Wildman–Crippen MR) is 125 cm³/mol. The molecule has 1 amide bonds. The SMILES string of the molecule is Cc1ccc(NC(=O)c2nn(C(C)C)c(=O)c3ccccc23)cc1S(=O)(=O)N1CCOCC1. The van der Waals surface area contributed by atoms with Gasteiger partial charge in [0.1, 0.15) is 0 Å². The summed E-state index contributed by atoms with van der Waals surface area (Å²) in [5, 5.41) is 7.89. The summed E-state index contributed by atoms with van der Waals surface area (Å²) >= 11 is 0. The predicted octanol–water partition coefficient (Wildman–Crippen LogP) is 2.56. The average Bonchev–Trinajstić information content (AvgIpc) is 2.81. The van der Waals surface area contributed by atoms with E-state index in [1.54, 1.807) is 43.3 Å². The highest BCUT2D eigenvalue weighted by Crippen LogP contribution is 2.25. The third-order valence-electron chi connectivity index (χ3n) is 5.57. The molecular weight excluding hydrogens is 444 g/mol. The third-order valence-corrected chi connectivity index (χ3v) is 7.61. The molecule has 0 aliphatic carbocycles. The van der Waals surface area contributed by atoms with Crippen molar-refractivity contribution in [2.45, 2.75) is 31.7 Å². The Morgan fingerprint density at radius 1 is 1.09 bits per heavy atom. The van der Waals surface area contributed by atoms with Gasteiger partial charge in [0.15, 0.2) is 5.69 Å².